The molecule has 1 aliphatic heterocycles. The van der Waals surface area contributed by atoms with Gasteiger partial charge in [0.1, 0.15) is 0 Å². The Morgan fingerprint density at radius 1 is 1.25 bits per heavy atom. The van der Waals surface area contributed by atoms with E-state index in [0.29, 0.717) is 13.2 Å². The molecule has 2 atom stereocenters. The SMILES string of the molecule is CCCC1COC(CCc2cc(C)cc(C)c2)(Cn2ccnc2)O1. The zero-order valence-corrected chi connectivity index (χ0v) is 15.0. The van der Waals surface area contributed by atoms with Gasteiger partial charge >= 0.3 is 0 Å². The summed E-state index contributed by atoms with van der Waals surface area (Å²) >= 11 is 0. The summed E-state index contributed by atoms with van der Waals surface area (Å²) in [5.41, 5.74) is 3.97. The van der Waals surface area contributed by atoms with Gasteiger partial charge in [0, 0.05) is 18.8 Å². The van der Waals surface area contributed by atoms with E-state index >= 15 is 0 Å². The number of hydrogen-bond donors (Lipinski definition) is 0. The molecule has 1 aromatic carbocycles. The standard InChI is InChI=1S/C20H28N2O2/c1-4-5-19-13-23-20(24-19,14-22-9-8-21-15-22)7-6-18-11-16(2)10-17(3)12-18/h8-12,15,19H,4-7,13-14H2,1-3H3. The fourth-order valence-corrected chi connectivity index (χ4v) is 3.58. The van der Waals surface area contributed by atoms with Crippen molar-refractivity contribution in [2.45, 2.75) is 64.9 Å². The molecule has 1 fully saturated rings. The van der Waals surface area contributed by atoms with Gasteiger partial charge in [-0.1, -0.05) is 42.7 Å². The van der Waals surface area contributed by atoms with Crippen LogP contribution < -0.4 is 0 Å². The molecule has 4 heteroatoms. The Balaban J connectivity index is 1.72. The molecule has 3 rings (SSSR count). The molecular formula is C20H28N2O2. The molecule has 2 heterocycles. The van der Waals surface area contributed by atoms with Crippen molar-refractivity contribution in [2.24, 2.45) is 0 Å². The van der Waals surface area contributed by atoms with Crippen LogP contribution in [0.15, 0.2) is 36.9 Å². The fourth-order valence-electron chi connectivity index (χ4n) is 3.58. The Bertz CT molecular complexity index is 633. The minimum absolute atomic E-state index is 0.206. The van der Waals surface area contributed by atoms with Crippen LogP contribution in [0.1, 0.15) is 42.9 Å². The highest BCUT2D eigenvalue weighted by atomic mass is 16.7. The molecule has 130 valence electrons. The van der Waals surface area contributed by atoms with Gasteiger partial charge in [0.25, 0.3) is 0 Å². The summed E-state index contributed by atoms with van der Waals surface area (Å²) in [5, 5.41) is 0. The van der Waals surface area contributed by atoms with Gasteiger partial charge in [-0.2, -0.15) is 0 Å². The minimum atomic E-state index is -0.543. The molecule has 2 aromatic rings. The number of benzene rings is 1. The molecular weight excluding hydrogens is 300 g/mol. The summed E-state index contributed by atoms with van der Waals surface area (Å²) in [7, 11) is 0. The summed E-state index contributed by atoms with van der Waals surface area (Å²) in [6.07, 6.45) is 9.79. The molecule has 0 N–H and O–H groups in total. The highest BCUT2D eigenvalue weighted by Crippen LogP contribution is 2.32. The molecule has 1 aliphatic rings. The fraction of sp³-hybridized carbons (Fsp3) is 0.550. The minimum Gasteiger partial charge on any atom is -0.345 e. The van der Waals surface area contributed by atoms with Crippen LogP contribution in [0.3, 0.4) is 0 Å². The molecule has 1 aromatic heterocycles. The van der Waals surface area contributed by atoms with Crippen molar-refractivity contribution in [2.75, 3.05) is 6.61 Å². The predicted octanol–water partition coefficient (Wildman–Crippen LogP) is 4.04. The summed E-state index contributed by atoms with van der Waals surface area (Å²) in [4.78, 5) is 4.14. The van der Waals surface area contributed by atoms with Crippen molar-refractivity contribution in [1.82, 2.24) is 9.55 Å². The molecule has 2 unspecified atom stereocenters. The van der Waals surface area contributed by atoms with Crippen LogP contribution in [0.4, 0.5) is 0 Å². The number of rotatable bonds is 7. The van der Waals surface area contributed by atoms with E-state index in [9.17, 15) is 0 Å². The van der Waals surface area contributed by atoms with Crippen LogP contribution in [-0.2, 0) is 22.4 Å². The largest absolute Gasteiger partial charge is 0.345 e. The first-order valence-electron chi connectivity index (χ1n) is 8.93. The van der Waals surface area contributed by atoms with Gasteiger partial charge in [-0.05, 0) is 32.3 Å². The van der Waals surface area contributed by atoms with Gasteiger partial charge in [-0.25, -0.2) is 4.98 Å². The molecule has 0 bridgehead atoms. The van der Waals surface area contributed by atoms with Gasteiger partial charge < -0.3 is 14.0 Å². The summed E-state index contributed by atoms with van der Waals surface area (Å²) in [6.45, 7) is 7.87. The first kappa shape index (κ1) is 17.2. The normalized spacial score (nSPS) is 23.7. The van der Waals surface area contributed by atoms with E-state index in [2.05, 4.69) is 48.5 Å². The van der Waals surface area contributed by atoms with E-state index in [1.54, 1.807) is 6.20 Å². The van der Waals surface area contributed by atoms with Crippen molar-refractivity contribution in [1.29, 1.82) is 0 Å². The molecule has 0 saturated carbocycles. The Hall–Kier alpha value is -1.65. The van der Waals surface area contributed by atoms with Crippen LogP contribution >= 0.6 is 0 Å². The maximum absolute atomic E-state index is 6.37. The third-order valence-electron chi connectivity index (χ3n) is 4.58. The summed E-state index contributed by atoms with van der Waals surface area (Å²) < 4.78 is 14.6. The van der Waals surface area contributed by atoms with E-state index in [4.69, 9.17) is 9.47 Å². The van der Waals surface area contributed by atoms with Gasteiger partial charge in [0.05, 0.1) is 25.6 Å². The monoisotopic (exact) mass is 328 g/mol. The van der Waals surface area contributed by atoms with E-state index in [1.165, 1.54) is 16.7 Å². The predicted molar refractivity (Wildman–Crippen MR) is 94.9 cm³/mol. The number of aromatic nitrogens is 2. The Morgan fingerprint density at radius 3 is 2.71 bits per heavy atom. The van der Waals surface area contributed by atoms with E-state index in [0.717, 1.165) is 25.7 Å². The lowest BCUT2D eigenvalue weighted by Crippen LogP contribution is -2.36. The summed E-state index contributed by atoms with van der Waals surface area (Å²) in [6, 6.07) is 6.73. The van der Waals surface area contributed by atoms with Gasteiger partial charge in [0.15, 0.2) is 5.79 Å². The average molecular weight is 328 g/mol. The second-order valence-corrected chi connectivity index (χ2v) is 6.98. The zero-order valence-electron chi connectivity index (χ0n) is 15.0. The van der Waals surface area contributed by atoms with Gasteiger partial charge in [-0.3, -0.25) is 0 Å². The van der Waals surface area contributed by atoms with Gasteiger partial charge in [0.2, 0.25) is 0 Å². The molecule has 0 amide bonds. The molecule has 0 spiro atoms. The Kier molecular flexibility index (Phi) is 5.36. The smallest absolute Gasteiger partial charge is 0.187 e. The quantitative estimate of drug-likeness (QED) is 0.769. The van der Waals surface area contributed by atoms with Crippen LogP contribution in [0.25, 0.3) is 0 Å². The third kappa shape index (κ3) is 4.25. The van der Waals surface area contributed by atoms with E-state index in [1.807, 2.05) is 12.5 Å². The number of ether oxygens (including phenoxy) is 2. The zero-order chi connectivity index (χ0) is 17.0. The molecule has 0 aliphatic carbocycles. The topological polar surface area (TPSA) is 36.3 Å². The number of hydrogen-bond acceptors (Lipinski definition) is 3. The number of aryl methyl sites for hydroxylation is 3. The van der Waals surface area contributed by atoms with Crippen LogP contribution in [0, 0.1) is 13.8 Å². The number of imidazole rings is 1. The third-order valence-corrected chi connectivity index (χ3v) is 4.58. The highest BCUT2D eigenvalue weighted by molar-refractivity contribution is 5.28. The van der Waals surface area contributed by atoms with Crippen molar-refractivity contribution in [3.05, 3.63) is 53.6 Å². The molecule has 1 saturated heterocycles. The van der Waals surface area contributed by atoms with E-state index < -0.39 is 5.79 Å². The van der Waals surface area contributed by atoms with Crippen LogP contribution in [0.5, 0.6) is 0 Å². The highest BCUT2D eigenvalue weighted by Gasteiger charge is 2.41. The van der Waals surface area contributed by atoms with Crippen molar-refractivity contribution in [3.8, 4) is 0 Å². The lowest BCUT2D eigenvalue weighted by atomic mass is 10.0. The van der Waals surface area contributed by atoms with Gasteiger partial charge in [-0.15, -0.1) is 0 Å². The van der Waals surface area contributed by atoms with Crippen LogP contribution in [0.2, 0.25) is 0 Å². The van der Waals surface area contributed by atoms with Crippen molar-refractivity contribution in [3.63, 3.8) is 0 Å². The number of nitrogens with zero attached hydrogens (tertiary/aromatic N) is 2. The average Bonchev–Trinajstić information content (AvgIpc) is 3.16. The molecule has 0 radical (unpaired) electrons. The summed E-state index contributed by atoms with van der Waals surface area (Å²) in [5.74, 6) is -0.543. The lowest BCUT2D eigenvalue weighted by molar-refractivity contribution is -0.182. The van der Waals surface area contributed by atoms with E-state index in [-0.39, 0.29) is 6.10 Å². The molecule has 24 heavy (non-hydrogen) atoms. The second-order valence-electron chi connectivity index (χ2n) is 6.98. The Morgan fingerprint density at radius 2 is 2.04 bits per heavy atom. The second kappa shape index (κ2) is 7.49. The maximum Gasteiger partial charge on any atom is 0.187 e. The Labute approximate surface area is 144 Å². The first-order chi connectivity index (χ1) is 11.6. The van der Waals surface area contributed by atoms with Crippen LogP contribution in [-0.4, -0.2) is 28.0 Å². The lowest BCUT2D eigenvalue weighted by Gasteiger charge is -2.29. The molecule has 4 nitrogen and oxygen atoms in total. The van der Waals surface area contributed by atoms with Crippen molar-refractivity contribution < 1.29 is 9.47 Å². The van der Waals surface area contributed by atoms with Crippen molar-refractivity contribution >= 4 is 0 Å². The maximum atomic E-state index is 6.37. The first-order valence-corrected chi connectivity index (χ1v) is 8.93.